The predicted octanol–water partition coefficient (Wildman–Crippen LogP) is 6.05. The Kier molecular flexibility index (Phi) is 8.91. The number of ether oxygens (including phenoxy) is 1. The molecule has 0 bridgehead atoms. The Bertz CT molecular complexity index is 821. The van der Waals surface area contributed by atoms with E-state index in [4.69, 9.17) is 4.74 Å². The first-order chi connectivity index (χ1) is 14.3. The van der Waals surface area contributed by atoms with Gasteiger partial charge in [-0.05, 0) is 75.9 Å². The van der Waals surface area contributed by atoms with E-state index in [-0.39, 0.29) is 18.5 Å². The molecule has 1 unspecified atom stereocenters. The number of benzene rings is 2. The third kappa shape index (κ3) is 5.85. The molecule has 0 spiro atoms. The Labute approximate surface area is 181 Å². The minimum Gasteiger partial charge on any atom is -0.426 e. The highest BCUT2D eigenvalue weighted by atomic mass is 16.5. The summed E-state index contributed by atoms with van der Waals surface area (Å²) in [6.45, 7) is 12.9. The lowest BCUT2D eigenvalue weighted by atomic mass is 9.87. The summed E-state index contributed by atoms with van der Waals surface area (Å²) in [6.07, 6.45) is 2.01. The Morgan fingerprint density at radius 3 is 2.30 bits per heavy atom. The summed E-state index contributed by atoms with van der Waals surface area (Å²) in [4.78, 5) is 14.6. The van der Waals surface area contributed by atoms with Gasteiger partial charge in [0.15, 0.2) is 0 Å². The van der Waals surface area contributed by atoms with Crippen LogP contribution in [0.5, 0.6) is 5.75 Å². The van der Waals surface area contributed by atoms with E-state index in [0.29, 0.717) is 24.3 Å². The van der Waals surface area contributed by atoms with Crippen LogP contribution in [0.25, 0.3) is 0 Å². The van der Waals surface area contributed by atoms with E-state index < -0.39 is 0 Å². The molecule has 1 N–H and O–H groups in total. The van der Waals surface area contributed by atoms with Crippen LogP contribution in [0.1, 0.15) is 83.4 Å². The van der Waals surface area contributed by atoms with Gasteiger partial charge < -0.3 is 14.7 Å². The van der Waals surface area contributed by atoms with Crippen LogP contribution in [0.3, 0.4) is 0 Å². The van der Waals surface area contributed by atoms with Gasteiger partial charge in [0, 0.05) is 35.7 Å². The molecule has 2 rings (SSSR count). The smallest absolute Gasteiger partial charge is 0.311 e. The number of nitrogens with zero attached hydrogens (tertiary/aromatic N) is 1. The number of aliphatic hydroxyl groups excluding tert-OH is 1. The highest BCUT2D eigenvalue weighted by Gasteiger charge is 2.21. The van der Waals surface area contributed by atoms with Crippen molar-refractivity contribution in [2.75, 3.05) is 4.90 Å². The van der Waals surface area contributed by atoms with Crippen LogP contribution in [0.15, 0.2) is 42.5 Å². The second-order valence-corrected chi connectivity index (χ2v) is 8.40. The number of esters is 1. The number of hydrogen-bond donors (Lipinski definition) is 1. The molecule has 0 saturated heterocycles. The van der Waals surface area contributed by atoms with Crippen LogP contribution in [0, 0.1) is 0 Å². The number of rotatable bonds is 10. The van der Waals surface area contributed by atoms with Crippen molar-refractivity contribution in [1.82, 2.24) is 0 Å². The molecule has 2 aromatic rings. The molecule has 0 heterocycles. The molecule has 0 radical (unpaired) electrons. The van der Waals surface area contributed by atoms with Gasteiger partial charge in [0.05, 0.1) is 6.61 Å². The average molecular weight is 412 g/mol. The Morgan fingerprint density at radius 2 is 1.73 bits per heavy atom. The summed E-state index contributed by atoms with van der Waals surface area (Å²) in [7, 11) is 0. The van der Waals surface area contributed by atoms with Gasteiger partial charge in [-0.1, -0.05) is 32.0 Å². The lowest BCUT2D eigenvalue weighted by Gasteiger charge is -2.34. The van der Waals surface area contributed by atoms with Crippen LogP contribution in [-0.4, -0.2) is 23.2 Å². The van der Waals surface area contributed by atoms with Gasteiger partial charge >= 0.3 is 5.97 Å². The minimum atomic E-state index is -0.218. The summed E-state index contributed by atoms with van der Waals surface area (Å²) in [5.74, 6) is 0.444. The van der Waals surface area contributed by atoms with E-state index in [9.17, 15) is 9.90 Å². The van der Waals surface area contributed by atoms with Gasteiger partial charge in [0.25, 0.3) is 0 Å². The lowest BCUT2D eigenvalue weighted by molar-refractivity contribution is -0.134. The van der Waals surface area contributed by atoms with E-state index in [1.54, 1.807) is 0 Å². The van der Waals surface area contributed by atoms with E-state index in [0.717, 1.165) is 24.0 Å². The van der Waals surface area contributed by atoms with Gasteiger partial charge in [-0.25, -0.2) is 0 Å². The standard InChI is InChI=1S/C26H37NO3/c1-7-10-26(29)30-25-14-13-20(17-28)15-24(25)23(8-2)21-11-9-12-22(16-21)27(18(3)4)19(5)6/h9,11-16,18-19,23,28H,7-8,10,17H2,1-6H3. The second kappa shape index (κ2) is 11.2. The number of anilines is 1. The average Bonchev–Trinajstić information content (AvgIpc) is 2.69. The summed E-state index contributed by atoms with van der Waals surface area (Å²) in [5, 5.41) is 9.67. The highest BCUT2D eigenvalue weighted by Crippen LogP contribution is 2.37. The molecule has 1 atom stereocenters. The molecule has 0 aromatic heterocycles. The summed E-state index contributed by atoms with van der Waals surface area (Å²) in [5.41, 5.74) is 4.15. The van der Waals surface area contributed by atoms with Crippen molar-refractivity contribution < 1.29 is 14.6 Å². The molecule has 164 valence electrons. The number of aliphatic hydroxyl groups is 1. The summed E-state index contributed by atoms with van der Waals surface area (Å²) >= 11 is 0. The SMILES string of the molecule is CCCC(=O)Oc1ccc(CO)cc1C(CC)c1cccc(N(C(C)C)C(C)C)c1. The molecular formula is C26H37NO3. The van der Waals surface area contributed by atoms with E-state index in [1.807, 2.05) is 25.1 Å². The highest BCUT2D eigenvalue weighted by molar-refractivity contribution is 5.73. The van der Waals surface area contributed by atoms with Gasteiger partial charge in [-0.15, -0.1) is 0 Å². The normalized spacial score (nSPS) is 12.3. The van der Waals surface area contributed by atoms with Crippen LogP contribution in [0.4, 0.5) is 5.69 Å². The van der Waals surface area contributed by atoms with Crippen molar-refractivity contribution in [3.63, 3.8) is 0 Å². The molecule has 30 heavy (non-hydrogen) atoms. The van der Waals surface area contributed by atoms with Crippen molar-refractivity contribution >= 4 is 11.7 Å². The fourth-order valence-electron chi connectivity index (χ4n) is 4.17. The zero-order chi connectivity index (χ0) is 22.3. The first kappa shape index (κ1) is 23.9. The Balaban J connectivity index is 2.51. The maximum Gasteiger partial charge on any atom is 0.311 e. The van der Waals surface area contributed by atoms with Gasteiger partial charge in [0.1, 0.15) is 5.75 Å². The zero-order valence-corrected chi connectivity index (χ0v) is 19.3. The predicted molar refractivity (Wildman–Crippen MR) is 124 cm³/mol. The number of hydrogen-bond acceptors (Lipinski definition) is 4. The first-order valence-corrected chi connectivity index (χ1v) is 11.1. The van der Waals surface area contributed by atoms with Crippen LogP contribution < -0.4 is 9.64 Å². The third-order valence-corrected chi connectivity index (χ3v) is 5.40. The topological polar surface area (TPSA) is 49.8 Å². The van der Waals surface area contributed by atoms with Gasteiger partial charge in [0.2, 0.25) is 0 Å². The first-order valence-electron chi connectivity index (χ1n) is 11.1. The zero-order valence-electron chi connectivity index (χ0n) is 19.3. The van der Waals surface area contributed by atoms with Crippen molar-refractivity contribution in [3.05, 3.63) is 59.2 Å². The lowest BCUT2D eigenvalue weighted by Crippen LogP contribution is -2.37. The molecule has 0 fully saturated rings. The number of carbonyl (C=O) groups excluding carboxylic acids is 1. The quantitative estimate of drug-likeness (QED) is 0.382. The fraction of sp³-hybridized carbons (Fsp3) is 0.500. The van der Waals surface area contributed by atoms with E-state index >= 15 is 0 Å². The van der Waals surface area contributed by atoms with Crippen molar-refractivity contribution in [2.24, 2.45) is 0 Å². The third-order valence-electron chi connectivity index (χ3n) is 5.40. The molecule has 0 aliphatic carbocycles. The van der Waals surface area contributed by atoms with Gasteiger partial charge in [-0.2, -0.15) is 0 Å². The number of carbonyl (C=O) groups is 1. The second-order valence-electron chi connectivity index (χ2n) is 8.40. The van der Waals surface area contributed by atoms with E-state index in [2.05, 4.69) is 63.8 Å². The van der Waals surface area contributed by atoms with Crippen LogP contribution in [0.2, 0.25) is 0 Å². The van der Waals surface area contributed by atoms with Crippen molar-refractivity contribution in [1.29, 1.82) is 0 Å². The molecule has 2 aromatic carbocycles. The van der Waals surface area contributed by atoms with Crippen LogP contribution in [-0.2, 0) is 11.4 Å². The molecule has 0 saturated carbocycles. The Hall–Kier alpha value is -2.33. The Morgan fingerprint density at radius 1 is 1.03 bits per heavy atom. The van der Waals surface area contributed by atoms with Crippen molar-refractivity contribution in [2.45, 2.75) is 85.4 Å². The molecule has 0 aliphatic heterocycles. The van der Waals surface area contributed by atoms with E-state index in [1.165, 1.54) is 11.3 Å². The molecule has 0 aliphatic rings. The maximum atomic E-state index is 12.2. The maximum absolute atomic E-state index is 12.2. The summed E-state index contributed by atoms with van der Waals surface area (Å²) < 4.78 is 5.71. The van der Waals surface area contributed by atoms with Crippen molar-refractivity contribution in [3.8, 4) is 5.75 Å². The minimum absolute atomic E-state index is 0.0405. The van der Waals surface area contributed by atoms with Crippen LogP contribution >= 0.6 is 0 Å². The van der Waals surface area contributed by atoms with Gasteiger partial charge in [-0.3, -0.25) is 4.79 Å². The monoisotopic (exact) mass is 411 g/mol. The fourth-order valence-corrected chi connectivity index (χ4v) is 4.17. The molecule has 4 heteroatoms. The molecule has 0 amide bonds. The molecular weight excluding hydrogens is 374 g/mol. The molecule has 4 nitrogen and oxygen atoms in total. The summed E-state index contributed by atoms with van der Waals surface area (Å²) in [6, 6.07) is 15.0. The largest absolute Gasteiger partial charge is 0.426 e.